The van der Waals surface area contributed by atoms with E-state index in [2.05, 4.69) is 29.4 Å². The van der Waals surface area contributed by atoms with Crippen LogP contribution < -0.4 is 5.32 Å². The molecule has 0 saturated carbocycles. The van der Waals surface area contributed by atoms with Crippen LogP contribution in [0, 0.1) is 0 Å². The van der Waals surface area contributed by atoms with Gasteiger partial charge in [-0.1, -0.05) is 18.5 Å². The molecule has 19 heavy (non-hydrogen) atoms. The average Bonchev–Trinajstić information content (AvgIpc) is 2.95. The standard InChI is InChI=1S/C13H20ClN5/c1-4-11-13(14)12(19(5-2)17-11)9-15-8-10-6-7-16-18(10)3/h6-7,15H,4-5,8-9H2,1-3H3. The number of hydrogen-bond acceptors (Lipinski definition) is 3. The second kappa shape index (κ2) is 6.21. The molecule has 2 aromatic heterocycles. The summed E-state index contributed by atoms with van der Waals surface area (Å²) in [6.45, 7) is 6.46. The van der Waals surface area contributed by atoms with Crippen molar-refractivity contribution in [2.75, 3.05) is 0 Å². The van der Waals surface area contributed by atoms with E-state index in [1.54, 1.807) is 6.20 Å². The van der Waals surface area contributed by atoms with Crippen molar-refractivity contribution in [3.8, 4) is 0 Å². The van der Waals surface area contributed by atoms with Gasteiger partial charge in [0.05, 0.1) is 22.1 Å². The molecule has 2 aromatic rings. The van der Waals surface area contributed by atoms with Gasteiger partial charge in [-0.25, -0.2) is 0 Å². The maximum atomic E-state index is 6.36. The SMILES string of the molecule is CCc1nn(CC)c(CNCc2ccnn2C)c1Cl. The second-order valence-corrected chi connectivity index (χ2v) is 4.80. The third-order valence-electron chi connectivity index (χ3n) is 3.22. The highest BCUT2D eigenvalue weighted by Crippen LogP contribution is 2.21. The van der Waals surface area contributed by atoms with Crippen LogP contribution in [0.25, 0.3) is 0 Å². The zero-order chi connectivity index (χ0) is 13.8. The van der Waals surface area contributed by atoms with Crippen molar-refractivity contribution in [1.82, 2.24) is 24.9 Å². The summed E-state index contributed by atoms with van der Waals surface area (Å²) in [5.74, 6) is 0. The number of aryl methyl sites for hydroxylation is 3. The molecule has 2 heterocycles. The molecule has 1 N–H and O–H groups in total. The van der Waals surface area contributed by atoms with Crippen molar-refractivity contribution >= 4 is 11.6 Å². The van der Waals surface area contributed by atoms with E-state index in [1.807, 2.05) is 22.5 Å². The fourth-order valence-electron chi connectivity index (χ4n) is 2.07. The van der Waals surface area contributed by atoms with Crippen LogP contribution in [0.5, 0.6) is 0 Å². The third kappa shape index (κ3) is 2.98. The van der Waals surface area contributed by atoms with Gasteiger partial charge in [-0.2, -0.15) is 10.2 Å². The summed E-state index contributed by atoms with van der Waals surface area (Å²) in [6.07, 6.45) is 2.66. The minimum Gasteiger partial charge on any atom is -0.305 e. The molecule has 6 heteroatoms. The molecule has 0 radical (unpaired) electrons. The normalized spacial score (nSPS) is 11.2. The Labute approximate surface area is 118 Å². The molecule has 0 spiro atoms. The number of nitrogens with zero attached hydrogens (tertiary/aromatic N) is 4. The van der Waals surface area contributed by atoms with Crippen LogP contribution in [0.1, 0.15) is 30.9 Å². The van der Waals surface area contributed by atoms with Crippen LogP contribution in [-0.4, -0.2) is 19.6 Å². The van der Waals surface area contributed by atoms with E-state index >= 15 is 0 Å². The summed E-state index contributed by atoms with van der Waals surface area (Å²) in [4.78, 5) is 0. The Morgan fingerprint density at radius 1 is 1.32 bits per heavy atom. The first-order chi connectivity index (χ1) is 9.17. The van der Waals surface area contributed by atoms with Crippen LogP contribution in [0.4, 0.5) is 0 Å². The molecule has 0 saturated heterocycles. The van der Waals surface area contributed by atoms with Gasteiger partial charge in [0.2, 0.25) is 0 Å². The van der Waals surface area contributed by atoms with Crippen LogP contribution in [0.3, 0.4) is 0 Å². The molecular weight excluding hydrogens is 262 g/mol. The topological polar surface area (TPSA) is 47.7 Å². The summed E-state index contributed by atoms with van der Waals surface area (Å²) in [5, 5.41) is 12.8. The predicted molar refractivity (Wildman–Crippen MR) is 76.0 cm³/mol. The van der Waals surface area contributed by atoms with Gasteiger partial charge in [-0.05, 0) is 19.4 Å². The van der Waals surface area contributed by atoms with E-state index < -0.39 is 0 Å². The fourth-order valence-corrected chi connectivity index (χ4v) is 2.41. The van der Waals surface area contributed by atoms with E-state index in [1.165, 1.54) is 0 Å². The first-order valence-electron chi connectivity index (χ1n) is 6.59. The fraction of sp³-hybridized carbons (Fsp3) is 0.538. The van der Waals surface area contributed by atoms with Crippen molar-refractivity contribution in [2.24, 2.45) is 7.05 Å². The molecule has 5 nitrogen and oxygen atoms in total. The molecule has 0 fully saturated rings. The summed E-state index contributed by atoms with van der Waals surface area (Å²) in [6, 6.07) is 2.00. The Bertz CT molecular complexity index is 543. The zero-order valence-corrected chi connectivity index (χ0v) is 12.4. The molecule has 0 aromatic carbocycles. The number of hydrogen-bond donors (Lipinski definition) is 1. The first kappa shape index (κ1) is 14.1. The van der Waals surface area contributed by atoms with Crippen LogP contribution >= 0.6 is 11.6 Å². The van der Waals surface area contributed by atoms with Gasteiger partial charge >= 0.3 is 0 Å². The van der Waals surface area contributed by atoms with E-state index in [0.717, 1.165) is 41.6 Å². The maximum Gasteiger partial charge on any atom is 0.0863 e. The number of aromatic nitrogens is 4. The Balaban J connectivity index is 2.03. The maximum absolute atomic E-state index is 6.36. The summed E-state index contributed by atoms with van der Waals surface area (Å²) in [5.41, 5.74) is 3.18. The van der Waals surface area contributed by atoms with Crippen molar-refractivity contribution in [2.45, 2.75) is 39.9 Å². The van der Waals surface area contributed by atoms with E-state index in [0.29, 0.717) is 6.54 Å². The van der Waals surface area contributed by atoms with Gasteiger partial charge in [-0.15, -0.1) is 0 Å². The quantitative estimate of drug-likeness (QED) is 0.882. The third-order valence-corrected chi connectivity index (χ3v) is 3.65. The Morgan fingerprint density at radius 3 is 2.68 bits per heavy atom. The largest absolute Gasteiger partial charge is 0.305 e. The molecule has 0 aliphatic rings. The zero-order valence-electron chi connectivity index (χ0n) is 11.6. The van der Waals surface area contributed by atoms with Gasteiger partial charge in [0.15, 0.2) is 0 Å². The van der Waals surface area contributed by atoms with Crippen LogP contribution in [0.2, 0.25) is 5.02 Å². The van der Waals surface area contributed by atoms with Crippen LogP contribution in [-0.2, 0) is 33.1 Å². The van der Waals surface area contributed by atoms with E-state index in [-0.39, 0.29) is 0 Å². The van der Waals surface area contributed by atoms with Gasteiger partial charge in [-0.3, -0.25) is 9.36 Å². The molecule has 2 rings (SSSR count). The highest BCUT2D eigenvalue weighted by molar-refractivity contribution is 6.31. The van der Waals surface area contributed by atoms with Gasteiger partial charge in [0, 0.05) is 32.9 Å². The lowest BCUT2D eigenvalue weighted by atomic mass is 10.3. The molecule has 0 aliphatic carbocycles. The first-order valence-corrected chi connectivity index (χ1v) is 6.96. The lowest BCUT2D eigenvalue weighted by Gasteiger charge is -2.07. The smallest absolute Gasteiger partial charge is 0.0863 e. The molecule has 104 valence electrons. The molecule has 0 bridgehead atoms. The molecule has 0 atom stereocenters. The minimum absolute atomic E-state index is 0.713. The minimum atomic E-state index is 0.713. The monoisotopic (exact) mass is 281 g/mol. The summed E-state index contributed by atoms with van der Waals surface area (Å²) >= 11 is 6.36. The number of rotatable bonds is 6. The Hall–Kier alpha value is -1.33. The van der Waals surface area contributed by atoms with Crippen molar-refractivity contribution in [3.05, 3.63) is 34.4 Å². The summed E-state index contributed by atoms with van der Waals surface area (Å²) < 4.78 is 3.83. The summed E-state index contributed by atoms with van der Waals surface area (Å²) in [7, 11) is 1.94. The Kier molecular flexibility index (Phi) is 4.61. The second-order valence-electron chi connectivity index (χ2n) is 4.43. The van der Waals surface area contributed by atoms with Crippen molar-refractivity contribution in [1.29, 1.82) is 0 Å². The average molecular weight is 282 g/mol. The predicted octanol–water partition coefficient (Wildman–Crippen LogP) is 2.14. The van der Waals surface area contributed by atoms with E-state index in [9.17, 15) is 0 Å². The molecule has 0 amide bonds. The Morgan fingerprint density at radius 2 is 2.11 bits per heavy atom. The lowest BCUT2D eigenvalue weighted by molar-refractivity contribution is 0.565. The highest BCUT2D eigenvalue weighted by Gasteiger charge is 2.13. The van der Waals surface area contributed by atoms with Crippen LogP contribution in [0.15, 0.2) is 12.3 Å². The van der Waals surface area contributed by atoms with Crippen molar-refractivity contribution in [3.63, 3.8) is 0 Å². The lowest BCUT2D eigenvalue weighted by Crippen LogP contribution is -2.18. The van der Waals surface area contributed by atoms with Gasteiger partial charge in [0.25, 0.3) is 0 Å². The molecule has 0 aliphatic heterocycles. The van der Waals surface area contributed by atoms with Gasteiger partial charge < -0.3 is 5.32 Å². The number of nitrogens with one attached hydrogen (secondary N) is 1. The molecular formula is C13H20ClN5. The van der Waals surface area contributed by atoms with Gasteiger partial charge in [0.1, 0.15) is 0 Å². The highest BCUT2D eigenvalue weighted by atomic mass is 35.5. The number of halogens is 1. The molecule has 0 unspecified atom stereocenters. The van der Waals surface area contributed by atoms with E-state index in [4.69, 9.17) is 11.6 Å². The van der Waals surface area contributed by atoms with Crippen molar-refractivity contribution < 1.29 is 0 Å².